The van der Waals surface area contributed by atoms with Gasteiger partial charge >= 0.3 is 0 Å². The molecule has 1 atom stereocenters. The molecular weight excluding hydrogens is 318 g/mol. The van der Waals surface area contributed by atoms with Gasteiger partial charge in [0.25, 0.3) is 5.91 Å². The van der Waals surface area contributed by atoms with E-state index in [0.29, 0.717) is 32.0 Å². The van der Waals surface area contributed by atoms with E-state index in [9.17, 15) is 4.79 Å². The quantitative estimate of drug-likeness (QED) is 0.786. The van der Waals surface area contributed by atoms with Gasteiger partial charge in [-0.2, -0.15) is 5.10 Å². The lowest BCUT2D eigenvalue weighted by molar-refractivity contribution is 0.0733. The Morgan fingerprint density at radius 1 is 1.32 bits per heavy atom. The molecule has 0 bridgehead atoms. The largest absolute Gasteiger partial charge is 0.379 e. The number of para-hydroxylation sites is 1. The number of aromatic amines is 1. The van der Waals surface area contributed by atoms with Gasteiger partial charge in [-0.1, -0.05) is 18.2 Å². The summed E-state index contributed by atoms with van der Waals surface area (Å²) in [5.74, 6) is 0.141. The molecule has 1 saturated heterocycles. The second kappa shape index (κ2) is 6.98. The first-order valence-electron chi connectivity index (χ1n) is 8.36. The molecule has 0 saturated carbocycles. The second-order valence-corrected chi connectivity index (χ2v) is 6.21. The lowest BCUT2D eigenvalue weighted by Gasteiger charge is -2.22. The lowest BCUT2D eigenvalue weighted by atomic mass is 10.0. The predicted molar refractivity (Wildman–Crippen MR) is 92.0 cm³/mol. The van der Waals surface area contributed by atoms with Crippen LogP contribution in [0.3, 0.4) is 0 Å². The summed E-state index contributed by atoms with van der Waals surface area (Å²) in [7, 11) is 0. The zero-order chi connectivity index (χ0) is 17.1. The summed E-state index contributed by atoms with van der Waals surface area (Å²) >= 11 is 0. The van der Waals surface area contributed by atoms with Crippen molar-refractivity contribution in [1.29, 1.82) is 0 Å². The Morgan fingerprint density at radius 3 is 3.12 bits per heavy atom. The van der Waals surface area contributed by atoms with Crippen molar-refractivity contribution in [3.05, 3.63) is 54.2 Å². The topological polar surface area (TPSA) is 84.0 Å². The molecule has 1 amide bonds. The molecule has 128 valence electrons. The van der Waals surface area contributed by atoms with Gasteiger partial charge in [0.15, 0.2) is 5.69 Å². The molecule has 4 rings (SSSR count). The molecule has 3 heterocycles. The van der Waals surface area contributed by atoms with Crippen LogP contribution in [0.15, 0.2) is 42.9 Å². The fourth-order valence-electron chi connectivity index (χ4n) is 3.20. The average Bonchev–Trinajstić information content (AvgIpc) is 2.94. The molecule has 1 aliphatic rings. The zero-order valence-corrected chi connectivity index (χ0v) is 13.8. The number of aromatic nitrogens is 4. The Morgan fingerprint density at radius 2 is 2.24 bits per heavy atom. The van der Waals surface area contributed by atoms with Crippen molar-refractivity contribution >= 4 is 16.8 Å². The minimum absolute atomic E-state index is 0.0596. The number of rotatable bonds is 3. The van der Waals surface area contributed by atoms with E-state index < -0.39 is 0 Å². The van der Waals surface area contributed by atoms with E-state index in [1.807, 2.05) is 35.2 Å². The maximum atomic E-state index is 13.0. The Balaban J connectivity index is 1.53. The minimum Gasteiger partial charge on any atom is -0.379 e. The van der Waals surface area contributed by atoms with Gasteiger partial charge in [0, 0.05) is 36.3 Å². The van der Waals surface area contributed by atoms with Crippen LogP contribution in [0.2, 0.25) is 0 Å². The molecule has 0 spiro atoms. The highest BCUT2D eigenvalue weighted by Crippen LogP contribution is 2.19. The highest BCUT2D eigenvalue weighted by Gasteiger charge is 2.26. The number of H-pyrrole nitrogens is 1. The van der Waals surface area contributed by atoms with Gasteiger partial charge in [-0.15, -0.1) is 0 Å². The number of fused-ring (bicyclic) bond motifs is 1. The first-order chi connectivity index (χ1) is 12.3. The van der Waals surface area contributed by atoms with Crippen molar-refractivity contribution < 1.29 is 9.53 Å². The third-order valence-electron chi connectivity index (χ3n) is 4.44. The number of benzene rings is 1. The van der Waals surface area contributed by atoms with Gasteiger partial charge in [-0.05, 0) is 18.6 Å². The molecule has 1 aliphatic heterocycles. The number of nitrogens with zero attached hydrogens (tertiary/aromatic N) is 4. The molecular formula is C18H19N5O2. The monoisotopic (exact) mass is 337 g/mol. The fraction of sp³-hybridized carbons (Fsp3) is 0.333. The first-order valence-corrected chi connectivity index (χ1v) is 8.36. The molecule has 1 aromatic carbocycles. The molecule has 1 unspecified atom stereocenters. The number of amides is 1. The molecule has 3 aromatic rings. The highest BCUT2D eigenvalue weighted by molar-refractivity contribution is 6.04. The van der Waals surface area contributed by atoms with Crippen LogP contribution in [-0.2, 0) is 11.2 Å². The van der Waals surface area contributed by atoms with Crippen LogP contribution >= 0.6 is 0 Å². The maximum absolute atomic E-state index is 13.0. The molecule has 25 heavy (non-hydrogen) atoms. The number of hydrogen-bond donors (Lipinski definition) is 1. The van der Waals surface area contributed by atoms with E-state index in [0.717, 1.165) is 23.0 Å². The van der Waals surface area contributed by atoms with Gasteiger partial charge in [-0.3, -0.25) is 9.89 Å². The van der Waals surface area contributed by atoms with Crippen molar-refractivity contribution in [2.24, 2.45) is 5.92 Å². The van der Waals surface area contributed by atoms with E-state index in [1.165, 1.54) is 0 Å². The Hall–Kier alpha value is -2.80. The summed E-state index contributed by atoms with van der Waals surface area (Å²) in [6.07, 6.45) is 4.04. The molecule has 1 fully saturated rings. The number of ether oxygens (including phenoxy) is 1. The molecule has 2 aromatic heterocycles. The van der Waals surface area contributed by atoms with Crippen molar-refractivity contribution in [2.45, 2.75) is 6.42 Å². The summed E-state index contributed by atoms with van der Waals surface area (Å²) in [6.45, 7) is 2.35. The van der Waals surface area contributed by atoms with Gasteiger partial charge in [0.2, 0.25) is 0 Å². The van der Waals surface area contributed by atoms with Crippen LogP contribution in [0, 0.1) is 5.92 Å². The van der Waals surface area contributed by atoms with E-state index in [2.05, 4.69) is 20.2 Å². The van der Waals surface area contributed by atoms with Crippen LogP contribution in [0.1, 0.15) is 16.2 Å². The molecule has 1 N–H and O–H groups in total. The smallest absolute Gasteiger partial charge is 0.275 e. The SMILES string of the molecule is O=C(c1n[nH]c2ccccc12)N1CCOCC(Cc2ccncn2)C1. The normalized spacial score (nSPS) is 18.2. The standard InChI is InChI=1S/C18H19N5O2/c24-18(17-15-3-1-2-4-16(15)21-22-17)23-7-8-25-11-13(10-23)9-14-5-6-19-12-20-14/h1-6,12-13H,7-11H2,(H,21,22). The summed E-state index contributed by atoms with van der Waals surface area (Å²) in [4.78, 5) is 23.0. The number of carbonyl (C=O) groups is 1. The lowest BCUT2D eigenvalue weighted by Crippen LogP contribution is -2.36. The summed E-state index contributed by atoms with van der Waals surface area (Å²) in [5.41, 5.74) is 2.30. The van der Waals surface area contributed by atoms with Gasteiger partial charge < -0.3 is 9.64 Å². The van der Waals surface area contributed by atoms with Crippen LogP contribution < -0.4 is 0 Å². The van der Waals surface area contributed by atoms with Gasteiger partial charge in [-0.25, -0.2) is 9.97 Å². The maximum Gasteiger partial charge on any atom is 0.275 e. The van der Waals surface area contributed by atoms with Gasteiger partial charge in [0.05, 0.1) is 18.7 Å². The number of nitrogens with one attached hydrogen (secondary N) is 1. The van der Waals surface area contributed by atoms with E-state index in [1.54, 1.807) is 12.5 Å². The molecule has 7 heteroatoms. The Kier molecular flexibility index (Phi) is 4.39. The Bertz CT molecular complexity index is 864. The van der Waals surface area contributed by atoms with Crippen LogP contribution in [0.5, 0.6) is 0 Å². The minimum atomic E-state index is -0.0596. The summed E-state index contributed by atoms with van der Waals surface area (Å²) < 4.78 is 5.70. The Labute approximate surface area is 145 Å². The van der Waals surface area contributed by atoms with E-state index in [4.69, 9.17) is 4.74 Å². The highest BCUT2D eigenvalue weighted by atomic mass is 16.5. The average molecular weight is 337 g/mol. The molecule has 0 radical (unpaired) electrons. The summed E-state index contributed by atoms with van der Waals surface area (Å²) in [5, 5.41) is 8.01. The third-order valence-corrected chi connectivity index (χ3v) is 4.44. The van der Waals surface area contributed by atoms with Crippen molar-refractivity contribution in [3.8, 4) is 0 Å². The predicted octanol–water partition coefficient (Wildman–Crippen LogP) is 1.68. The van der Waals surface area contributed by atoms with Crippen molar-refractivity contribution in [2.75, 3.05) is 26.3 Å². The van der Waals surface area contributed by atoms with Crippen LogP contribution in [0.25, 0.3) is 10.9 Å². The van der Waals surface area contributed by atoms with Crippen LogP contribution in [-0.4, -0.2) is 57.3 Å². The van der Waals surface area contributed by atoms with Gasteiger partial charge in [0.1, 0.15) is 6.33 Å². The molecule has 7 nitrogen and oxygen atoms in total. The second-order valence-electron chi connectivity index (χ2n) is 6.21. The van der Waals surface area contributed by atoms with Crippen molar-refractivity contribution in [1.82, 2.24) is 25.1 Å². The summed E-state index contributed by atoms with van der Waals surface area (Å²) in [6, 6.07) is 9.57. The van der Waals surface area contributed by atoms with E-state index in [-0.39, 0.29) is 11.8 Å². The first kappa shape index (κ1) is 15.7. The number of hydrogen-bond acceptors (Lipinski definition) is 5. The third kappa shape index (κ3) is 3.36. The van der Waals surface area contributed by atoms with Crippen molar-refractivity contribution in [3.63, 3.8) is 0 Å². The fourth-order valence-corrected chi connectivity index (χ4v) is 3.20. The number of carbonyl (C=O) groups excluding carboxylic acids is 1. The van der Waals surface area contributed by atoms with Crippen LogP contribution in [0.4, 0.5) is 0 Å². The zero-order valence-electron chi connectivity index (χ0n) is 13.8. The van der Waals surface area contributed by atoms with E-state index >= 15 is 0 Å². The molecule has 0 aliphatic carbocycles.